The van der Waals surface area contributed by atoms with Gasteiger partial charge in [-0.1, -0.05) is 36.8 Å². The van der Waals surface area contributed by atoms with Crippen LogP contribution in [-0.2, 0) is 0 Å². The summed E-state index contributed by atoms with van der Waals surface area (Å²) < 4.78 is 0. The Labute approximate surface area is 138 Å². The van der Waals surface area contributed by atoms with E-state index in [0.717, 1.165) is 24.9 Å². The van der Waals surface area contributed by atoms with Gasteiger partial charge in [-0.25, -0.2) is 0 Å². The average Bonchev–Trinajstić information content (AvgIpc) is 3.15. The van der Waals surface area contributed by atoms with Gasteiger partial charge in [-0.3, -0.25) is 4.99 Å². The Morgan fingerprint density at radius 3 is 2.65 bits per heavy atom. The lowest BCUT2D eigenvalue weighted by atomic mass is 9.86. The summed E-state index contributed by atoms with van der Waals surface area (Å²) >= 11 is 0. The number of guanidine groups is 1. The molecule has 0 heterocycles. The van der Waals surface area contributed by atoms with E-state index in [9.17, 15) is 0 Å². The summed E-state index contributed by atoms with van der Waals surface area (Å²) in [7, 11) is 0. The molecule has 1 aromatic carbocycles. The summed E-state index contributed by atoms with van der Waals surface area (Å²) in [5.41, 5.74) is 7.36. The lowest BCUT2D eigenvalue weighted by Gasteiger charge is -2.23. The molecule has 0 radical (unpaired) electrons. The molecule has 20 heavy (non-hydrogen) atoms. The summed E-state index contributed by atoms with van der Waals surface area (Å²) in [6, 6.07) is 10.8. The second-order valence-electron chi connectivity index (χ2n) is 5.92. The number of halogens is 1. The Bertz CT molecular complexity index is 442. The van der Waals surface area contributed by atoms with Gasteiger partial charge < -0.3 is 11.1 Å². The summed E-state index contributed by atoms with van der Waals surface area (Å²) in [5, 5.41) is 3.28. The van der Waals surface area contributed by atoms with Crippen molar-refractivity contribution in [1.29, 1.82) is 0 Å². The molecule has 2 aliphatic carbocycles. The van der Waals surface area contributed by atoms with Crippen molar-refractivity contribution in [3.05, 3.63) is 35.9 Å². The van der Waals surface area contributed by atoms with E-state index in [2.05, 4.69) is 40.6 Å². The number of benzene rings is 1. The van der Waals surface area contributed by atoms with Gasteiger partial charge in [0.15, 0.2) is 5.96 Å². The molecule has 0 aliphatic heterocycles. The normalized spacial score (nSPS) is 25.5. The van der Waals surface area contributed by atoms with Crippen LogP contribution in [0.5, 0.6) is 0 Å². The highest BCUT2D eigenvalue weighted by molar-refractivity contribution is 14.0. The molecule has 2 saturated carbocycles. The van der Waals surface area contributed by atoms with E-state index in [0.29, 0.717) is 11.9 Å². The van der Waals surface area contributed by atoms with Crippen LogP contribution in [0.4, 0.5) is 0 Å². The SMILES string of the molecule is I.NC(=NCC1CCC1)NCC1CC1c1ccccc1. The minimum Gasteiger partial charge on any atom is -0.370 e. The second-order valence-corrected chi connectivity index (χ2v) is 5.92. The zero-order chi connectivity index (χ0) is 13.1. The van der Waals surface area contributed by atoms with Crippen LogP contribution in [0.3, 0.4) is 0 Å². The smallest absolute Gasteiger partial charge is 0.188 e. The fraction of sp³-hybridized carbons (Fsp3) is 0.562. The van der Waals surface area contributed by atoms with Gasteiger partial charge in [0.25, 0.3) is 0 Å². The van der Waals surface area contributed by atoms with Crippen molar-refractivity contribution >= 4 is 29.9 Å². The predicted molar refractivity (Wildman–Crippen MR) is 94.5 cm³/mol. The zero-order valence-corrected chi connectivity index (χ0v) is 14.1. The van der Waals surface area contributed by atoms with Crippen molar-refractivity contribution in [2.24, 2.45) is 22.6 Å². The monoisotopic (exact) mass is 385 g/mol. The topological polar surface area (TPSA) is 50.4 Å². The Balaban J connectivity index is 0.00000147. The third-order valence-electron chi connectivity index (χ3n) is 4.44. The molecule has 4 heteroatoms. The lowest BCUT2D eigenvalue weighted by Crippen LogP contribution is -2.34. The highest BCUT2D eigenvalue weighted by Gasteiger charge is 2.37. The van der Waals surface area contributed by atoms with Crippen LogP contribution in [0.25, 0.3) is 0 Å². The number of aliphatic imine (C=N–C) groups is 1. The van der Waals surface area contributed by atoms with Crippen molar-refractivity contribution in [3.63, 3.8) is 0 Å². The molecule has 3 N–H and O–H groups in total. The molecule has 0 aromatic heterocycles. The van der Waals surface area contributed by atoms with Gasteiger partial charge in [0.05, 0.1) is 0 Å². The molecule has 0 spiro atoms. The van der Waals surface area contributed by atoms with Crippen LogP contribution in [0.1, 0.15) is 37.2 Å². The molecular formula is C16H24IN3. The fourth-order valence-corrected chi connectivity index (χ4v) is 2.78. The van der Waals surface area contributed by atoms with Gasteiger partial charge in [0, 0.05) is 13.1 Å². The number of hydrogen-bond donors (Lipinski definition) is 2. The maximum absolute atomic E-state index is 5.90. The van der Waals surface area contributed by atoms with E-state index < -0.39 is 0 Å². The molecule has 110 valence electrons. The molecule has 2 unspecified atom stereocenters. The lowest BCUT2D eigenvalue weighted by molar-refractivity contribution is 0.326. The third kappa shape index (κ3) is 4.11. The summed E-state index contributed by atoms with van der Waals surface area (Å²) in [4.78, 5) is 4.43. The average molecular weight is 385 g/mol. The van der Waals surface area contributed by atoms with Crippen molar-refractivity contribution in [2.75, 3.05) is 13.1 Å². The van der Waals surface area contributed by atoms with Crippen LogP contribution < -0.4 is 11.1 Å². The molecule has 0 saturated heterocycles. The Morgan fingerprint density at radius 1 is 1.25 bits per heavy atom. The van der Waals surface area contributed by atoms with E-state index >= 15 is 0 Å². The molecular weight excluding hydrogens is 361 g/mol. The molecule has 0 bridgehead atoms. The van der Waals surface area contributed by atoms with Gasteiger partial charge in [0.1, 0.15) is 0 Å². The number of nitrogens with zero attached hydrogens (tertiary/aromatic N) is 1. The molecule has 3 rings (SSSR count). The van der Waals surface area contributed by atoms with Crippen LogP contribution in [0.15, 0.2) is 35.3 Å². The van der Waals surface area contributed by atoms with Gasteiger partial charge in [-0.05, 0) is 42.6 Å². The summed E-state index contributed by atoms with van der Waals surface area (Å²) in [6.45, 7) is 1.87. The molecule has 1 aromatic rings. The molecule has 3 nitrogen and oxygen atoms in total. The first kappa shape index (κ1) is 15.6. The summed E-state index contributed by atoms with van der Waals surface area (Å²) in [6.07, 6.45) is 5.30. The first-order valence-corrected chi connectivity index (χ1v) is 7.41. The standard InChI is InChI=1S/C16H23N3.HI/c17-16(18-10-12-5-4-6-12)19-11-14-9-15(14)13-7-2-1-3-8-13;/h1-3,7-8,12,14-15H,4-6,9-11H2,(H3,17,18,19);1H. The minimum atomic E-state index is 0. The Kier molecular flexibility index (Phi) is 5.69. The first-order valence-electron chi connectivity index (χ1n) is 7.41. The van der Waals surface area contributed by atoms with E-state index in [1.54, 1.807) is 0 Å². The Hall–Kier alpha value is -0.780. The van der Waals surface area contributed by atoms with Crippen LogP contribution in [-0.4, -0.2) is 19.0 Å². The van der Waals surface area contributed by atoms with Crippen molar-refractivity contribution in [3.8, 4) is 0 Å². The maximum atomic E-state index is 5.90. The number of nitrogens with two attached hydrogens (primary N) is 1. The van der Waals surface area contributed by atoms with Crippen molar-refractivity contribution < 1.29 is 0 Å². The molecule has 2 fully saturated rings. The Morgan fingerprint density at radius 2 is 2.00 bits per heavy atom. The highest BCUT2D eigenvalue weighted by Crippen LogP contribution is 2.46. The van der Waals surface area contributed by atoms with E-state index in [1.165, 1.54) is 31.2 Å². The molecule has 2 aliphatic rings. The van der Waals surface area contributed by atoms with E-state index in [4.69, 9.17) is 5.73 Å². The number of rotatable bonds is 5. The van der Waals surface area contributed by atoms with Gasteiger partial charge in [0.2, 0.25) is 0 Å². The van der Waals surface area contributed by atoms with Crippen LogP contribution in [0.2, 0.25) is 0 Å². The van der Waals surface area contributed by atoms with Gasteiger partial charge >= 0.3 is 0 Å². The zero-order valence-electron chi connectivity index (χ0n) is 11.8. The largest absolute Gasteiger partial charge is 0.370 e. The number of nitrogens with one attached hydrogen (secondary N) is 1. The van der Waals surface area contributed by atoms with Crippen molar-refractivity contribution in [2.45, 2.75) is 31.6 Å². The quantitative estimate of drug-likeness (QED) is 0.465. The third-order valence-corrected chi connectivity index (χ3v) is 4.44. The molecule has 0 amide bonds. The fourth-order valence-electron chi connectivity index (χ4n) is 2.78. The van der Waals surface area contributed by atoms with Crippen molar-refractivity contribution in [1.82, 2.24) is 5.32 Å². The second kappa shape index (κ2) is 7.29. The molecule has 2 atom stereocenters. The maximum Gasteiger partial charge on any atom is 0.188 e. The predicted octanol–water partition coefficient (Wildman–Crippen LogP) is 3.11. The van der Waals surface area contributed by atoms with Crippen LogP contribution >= 0.6 is 24.0 Å². The van der Waals surface area contributed by atoms with E-state index in [1.807, 2.05) is 0 Å². The number of hydrogen-bond acceptors (Lipinski definition) is 1. The highest BCUT2D eigenvalue weighted by atomic mass is 127. The van der Waals surface area contributed by atoms with Crippen LogP contribution in [0, 0.1) is 11.8 Å². The van der Waals surface area contributed by atoms with E-state index in [-0.39, 0.29) is 24.0 Å². The van der Waals surface area contributed by atoms with Gasteiger partial charge in [-0.15, -0.1) is 24.0 Å². The summed E-state index contributed by atoms with van der Waals surface area (Å²) in [5.74, 6) is 2.86. The van der Waals surface area contributed by atoms with Gasteiger partial charge in [-0.2, -0.15) is 0 Å². The minimum absolute atomic E-state index is 0. The first-order chi connectivity index (χ1) is 9.33.